The van der Waals surface area contributed by atoms with E-state index >= 15 is 0 Å². The Labute approximate surface area is 136 Å². The van der Waals surface area contributed by atoms with E-state index in [2.05, 4.69) is 22.6 Å². The lowest BCUT2D eigenvalue weighted by Crippen LogP contribution is -2.01. The van der Waals surface area contributed by atoms with Crippen LogP contribution in [0.25, 0.3) is 10.8 Å². The number of fused-ring (bicyclic) bond motifs is 1. The Morgan fingerprint density at radius 1 is 0.957 bits per heavy atom. The van der Waals surface area contributed by atoms with E-state index in [9.17, 15) is 0 Å². The first-order valence-corrected chi connectivity index (χ1v) is 7.71. The van der Waals surface area contributed by atoms with Crippen molar-refractivity contribution in [1.82, 2.24) is 4.98 Å². The second kappa shape index (κ2) is 7.61. The molecule has 0 aliphatic heterocycles. The summed E-state index contributed by atoms with van der Waals surface area (Å²) >= 11 is 0. The highest BCUT2D eigenvalue weighted by Crippen LogP contribution is 2.31. The summed E-state index contributed by atoms with van der Waals surface area (Å²) in [5.74, 6) is 0.900. The molecule has 0 atom stereocenters. The maximum Gasteiger partial charge on any atom is 0.127 e. The first-order valence-electron chi connectivity index (χ1n) is 7.71. The van der Waals surface area contributed by atoms with E-state index in [-0.39, 0.29) is 0 Å². The third-order valence-electron chi connectivity index (χ3n) is 3.71. The largest absolute Gasteiger partial charge is 0.493 e. The van der Waals surface area contributed by atoms with Gasteiger partial charge in [0.25, 0.3) is 0 Å². The van der Waals surface area contributed by atoms with Crippen LogP contribution >= 0.6 is 0 Å². The molecule has 0 spiro atoms. The van der Waals surface area contributed by atoms with Crippen molar-refractivity contribution in [2.45, 2.75) is 12.8 Å². The van der Waals surface area contributed by atoms with Gasteiger partial charge in [-0.1, -0.05) is 24.3 Å². The topological polar surface area (TPSA) is 43.4 Å². The predicted octanol–water partition coefficient (Wildman–Crippen LogP) is 4.22. The van der Waals surface area contributed by atoms with Crippen LogP contribution in [0.15, 0.2) is 60.9 Å². The van der Waals surface area contributed by atoms with Crippen LogP contribution in [-0.2, 0) is 11.3 Å². The molecule has 2 aromatic carbocycles. The van der Waals surface area contributed by atoms with E-state index in [1.807, 2.05) is 48.8 Å². The minimum Gasteiger partial charge on any atom is -0.493 e. The van der Waals surface area contributed by atoms with Crippen molar-refractivity contribution < 1.29 is 9.57 Å². The van der Waals surface area contributed by atoms with Gasteiger partial charge in [-0.15, -0.1) is 0 Å². The van der Waals surface area contributed by atoms with Crippen molar-refractivity contribution in [2.24, 2.45) is 0 Å². The summed E-state index contributed by atoms with van der Waals surface area (Å²) < 4.78 is 5.99. The number of hydrogen-bond donors (Lipinski definition) is 1. The minimum absolute atomic E-state index is 0.684. The molecule has 0 radical (unpaired) electrons. The third kappa shape index (κ3) is 3.79. The van der Waals surface area contributed by atoms with Crippen molar-refractivity contribution in [2.75, 3.05) is 19.2 Å². The third-order valence-corrected chi connectivity index (χ3v) is 3.71. The summed E-state index contributed by atoms with van der Waals surface area (Å²) in [5, 5.41) is 2.17. The monoisotopic (exact) mass is 308 g/mol. The molecule has 1 heterocycles. The van der Waals surface area contributed by atoms with Gasteiger partial charge in [0.15, 0.2) is 0 Å². The van der Waals surface area contributed by atoms with Gasteiger partial charge in [0, 0.05) is 23.2 Å². The molecule has 0 saturated carbocycles. The molecule has 118 valence electrons. The second-order valence-electron chi connectivity index (χ2n) is 5.27. The molecule has 0 amide bonds. The van der Waals surface area contributed by atoms with Crippen molar-refractivity contribution in [3.63, 3.8) is 0 Å². The molecule has 4 nitrogen and oxygen atoms in total. The number of anilines is 1. The van der Waals surface area contributed by atoms with E-state index in [1.54, 1.807) is 7.11 Å². The normalized spacial score (nSPS) is 10.7. The zero-order valence-electron chi connectivity index (χ0n) is 13.2. The molecule has 0 aliphatic carbocycles. The molecule has 1 N–H and O–H groups in total. The Bertz CT molecular complexity index is 760. The Kier molecular flexibility index (Phi) is 5.06. The zero-order chi connectivity index (χ0) is 15.9. The minimum atomic E-state index is 0.684. The van der Waals surface area contributed by atoms with E-state index in [0.29, 0.717) is 6.61 Å². The van der Waals surface area contributed by atoms with E-state index in [4.69, 9.17) is 9.57 Å². The number of nitrogens with zero attached hydrogens (tertiary/aromatic N) is 1. The summed E-state index contributed by atoms with van der Waals surface area (Å²) in [4.78, 5) is 9.06. The fraction of sp³-hybridized carbons (Fsp3) is 0.211. The average molecular weight is 308 g/mol. The first kappa shape index (κ1) is 15.3. The highest BCUT2D eigenvalue weighted by atomic mass is 16.6. The average Bonchev–Trinajstić information content (AvgIpc) is 2.61. The summed E-state index contributed by atoms with van der Waals surface area (Å²) in [6.07, 6.45) is 5.61. The Morgan fingerprint density at radius 3 is 2.52 bits per heavy atom. The molecule has 0 saturated heterocycles. The van der Waals surface area contributed by atoms with Crippen molar-refractivity contribution >= 4 is 16.5 Å². The van der Waals surface area contributed by atoms with Crippen LogP contribution in [-0.4, -0.2) is 18.7 Å². The number of pyridine rings is 1. The molecule has 0 fully saturated rings. The molecule has 3 aromatic rings. The van der Waals surface area contributed by atoms with Gasteiger partial charge in [-0.3, -0.25) is 15.3 Å². The van der Waals surface area contributed by atoms with Gasteiger partial charge in [0.2, 0.25) is 0 Å². The predicted molar refractivity (Wildman–Crippen MR) is 92.6 cm³/mol. The Hall–Kier alpha value is -2.59. The zero-order valence-corrected chi connectivity index (χ0v) is 13.2. The molecular formula is C19H20N2O2. The number of aryl methyl sites for hydroxylation is 1. The van der Waals surface area contributed by atoms with Crippen LogP contribution in [0, 0.1) is 0 Å². The molecule has 1 aromatic heterocycles. The summed E-state index contributed by atoms with van der Waals surface area (Å²) in [7, 11) is 1.61. The van der Waals surface area contributed by atoms with Crippen LogP contribution in [0.1, 0.15) is 12.0 Å². The number of hydrogen-bond acceptors (Lipinski definition) is 4. The van der Waals surface area contributed by atoms with Crippen LogP contribution in [0.5, 0.6) is 5.75 Å². The molecule has 3 rings (SSSR count). The van der Waals surface area contributed by atoms with Crippen molar-refractivity contribution in [1.29, 1.82) is 0 Å². The second-order valence-corrected chi connectivity index (χ2v) is 5.27. The number of aromatic nitrogens is 1. The van der Waals surface area contributed by atoms with E-state index < -0.39 is 0 Å². The van der Waals surface area contributed by atoms with Gasteiger partial charge < -0.3 is 4.74 Å². The fourth-order valence-corrected chi connectivity index (χ4v) is 2.60. The lowest BCUT2D eigenvalue weighted by Gasteiger charge is -2.13. The van der Waals surface area contributed by atoms with Crippen molar-refractivity contribution in [3.05, 3.63) is 66.5 Å². The van der Waals surface area contributed by atoms with Gasteiger partial charge in [0.05, 0.1) is 19.4 Å². The van der Waals surface area contributed by atoms with Gasteiger partial charge in [0.1, 0.15) is 5.75 Å². The highest BCUT2D eigenvalue weighted by molar-refractivity contribution is 5.97. The molecule has 0 unspecified atom stereocenters. The number of benzene rings is 2. The summed E-state index contributed by atoms with van der Waals surface area (Å²) in [6, 6.07) is 16.2. The van der Waals surface area contributed by atoms with Gasteiger partial charge >= 0.3 is 0 Å². The van der Waals surface area contributed by atoms with Crippen LogP contribution in [0.3, 0.4) is 0 Å². The maximum atomic E-state index is 5.99. The molecule has 0 aliphatic rings. The van der Waals surface area contributed by atoms with Gasteiger partial charge in [-0.05, 0) is 42.7 Å². The maximum absolute atomic E-state index is 5.99. The Balaban J connectivity index is 1.67. The van der Waals surface area contributed by atoms with E-state index in [0.717, 1.165) is 35.1 Å². The molecule has 23 heavy (non-hydrogen) atoms. The number of ether oxygens (including phenoxy) is 1. The Morgan fingerprint density at radius 2 is 1.74 bits per heavy atom. The molecule has 0 bridgehead atoms. The lowest BCUT2D eigenvalue weighted by atomic mass is 10.1. The molecule has 4 heteroatoms. The van der Waals surface area contributed by atoms with E-state index in [1.165, 1.54) is 5.56 Å². The summed E-state index contributed by atoms with van der Waals surface area (Å²) in [5.41, 5.74) is 5.13. The van der Waals surface area contributed by atoms with Gasteiger partial charge in [-0.2, -0.15) is 0 Å². The SMILES string of the molecule is CONc1ccc(OCCCc2ccncc2)c2ccccc12. The molecular weight excluding hydrogens is 288 g/mol. The highest BCUT2D eigenvalue weighted by Gasteiger charge is 2.06. The lowest BCUT2D eigenvalue weighted by molar-refractivity contribution is 0.271. The number of rotatable bonds is 7. The number of nitrogens with one attached hydrogen (secondary N) is 1. The first-order chi connectivity index (χ1) is 11.4. The van der Waals surface area contributed by atoms with Gasteiger partial charge in [-0.25, -0.2) is 0 Å². The summed E-state index contributed by atoms with van der Waals surface area (Å²) in [6.45, 7) is 0.684. The van der Waals surface area contributed by atoms with Crippen LogP contribution in [0.2, 0.25) is 0 Å². The van der Waals surface area contributed by atoms with Crippen LogP contribution < -0.4 is 10.2 Å². The quantitative estimate of drug-likeness (QED) is 0.524. The standard InChI is InChI=1S/C19H20N2O2/c1-22-21-18-8-9-19(17-7-3-2-6-16(17)18)23-14-4-5-15-10-12-20-13-11-15/h2-3,6-13,21H,4-5,14H2,1H3. The van der Waals surface area contributed by atoms with Crippen molar-refractivity contribution in [3.8, 4) is 5.75 Å². The van der Waals surface area contributed by atoms with Crippen LogP contribution in [0.4, 0.5) is 5.69 Å². The fourth-order valence-electron chi connectivity index (χ4n) is 2.60. The smallest absolute Gasteiger partial charge is 0.127 e.